The van der Waals surface area contributed by atoms with Crippen molar-refractivity contribution in [1.82, 2.24) is 5.32 Å². The van der Waals surface area contributed by atoms with Crippen LogP contribution in [0.3, 0.4) is 0 Å². The van der Waals surface area contributed by atoms with Crippen LogP contribution in [0.5, 0.6) is 0 Å². The molecule has 2 aliphatic rings. The number of ether oxygens (including phenoxy) is 1. The summed E-state index contributed by atoms with van der Waals surface area (Å²) < 4.78 is 5.28. The summed E-state index contributed by atoms with van der Waals surface area (Å²) in [5.41, 5.74) is 5.68. The number of carbonyl (C=O) groups is 1. The predicted octanol–water partition coefficient (Wildman–Crippen LogP) is 0.799. The molecule has 0 aromatic rings. The van der Waals surface area contributed by atoms with Gasteiger partial charge in [-0.05, 0) is 32.6 Å². The van der Waals surface area contributed by atoms with Crippen LogP contribution in [0.4, 0.5) is 0 Å². The summed E-state index contributed by atoms with van der Waals surface area (Å²) >= 11 is 0. The second-order valence-corrected chi connectivity index (χ2v) is 5.28. The van der Waals surface area contributed by atoms with Crippen LogP contribution >= 0.6 is 0 Å². The number of rotatable bonds is 2. The molecule has 0 spiro atoms. The highest BCUT2D eigenvalue weighted by molar-refractivity contribution is 5.83. The third-order valence-electron chi connectivity index (χ3n) is 4.10. The Morgan fingerprint density at radius 1 is 1.38 bits per heavy atom. The molecule has 1 saturated carbocycles. The molecule has 1 aliphatic heterocycles. The first-order chi connectivity index (χ1) is 7.63. The zero-order valence-corrected chi connectivity index (χ0v) is 10.00. The highest BCUT2D eigenvalue weighted by Crippen LogP contribution is 2.37. The molecule has 3 N–H and O–H groups in total. The van der Waals surface area contributed by atoms with Gasteiger partial charge in [-0.25, -0.2) is 0 Å². The van der Waals surface area contributed by atoms with Crippen LogP contribution in [-0.4, -0.2) is 31.2 Å². The lowest BCUT2D eigenvalue weighted by Crippen LogP contribution is -2.51. The lowest BCUT2D eigenvalue weighted by Gasteiger charge is -2.31. The molecule has 2 atom stereocenters. The maximum absolute atomic E-state index is 12.2. The summed E-state index contributed by atoms with van der Waals surface area (Å²) in [7, 11) is 0. The number of nitrogens with two attached hydrogens (primary N) is 1. The van der Waals surface area contributed by atoms with Gasteiger partial charge in [0.05, 0.1) is 5.41 Å². The average Bonchev–Trinajstić information content (AvgIpc) is 2.62. The molecule has 16 heavy (non-hydrogen) atoms. The number of hydrogen-bond acceptors (Lipinski definition) is 3. The van der Waals surface area contributed by atoms with Gasteiger partial charge >= 0.3 is 0 Å². The molecule has 0 bridgehead atoms. The van der Waals surface area contributed by atoms with Crippen LogP contribution in [0.25, 0.3) is 0 Å². The Kier molecular flexibility index (Phi) is 3.50. The fraction of sp³-hybridized carbons (Fsp3) is 0.917. The molecular formula is C12H22N2O2. The van der Waals surface area contributed by atoms with Crippen LogP contribution in [0, 0.1) is 5.41 Å². The van der Waals surface area contributed by atoms with E-state index in [9.17, 15) is 4.79 Å². The molecule has 1 amide bonds. The minimum atomic E-state index is -0.349. The maximum Gasteiger partial charge on any atom is 0.227 e. The van der Waals surface area contributed by atoms with E-state index in [0.717, 1.165) is 45.3 Å². The van der Waals surface area contributed by atoms with Crippen LogP contribution in [-0.2, 0) is 9.53 Å². The van der Waals surface area contributed by atoms with Crippen LogP contribution in [0.1, 0.15) is 39.0 Å². The molecule has 2 rings (SSSR count). The quantitative estimate of drug-likeness (QED) is 0.732. The summed E-state index contributed by atoms with van der Waals surface area (Å²) in [6, 6.07) is 0.304. The SMILES string of the molecule is CC1(C(=O)NC2CCOCC2)CCCC1N. The Bertz CT molecular complexity index is 264. The second kappa shape index (κ2) is 4.72. The maximum atomic E-state index is 12.2. The Hall–Kier alpha value is -0.610. The van der Waals surface area contributed by atoms with Gasteiger partial charge in [-0.1, -0.05) is 6.42 Å². The molecule has 0 radical (unpaired) electrons. The normalized spacial score (nSPS) is 36.2. The van der Waals surface area contributed by atoms with Crippen LogP contribution in [0.15, 0.2) is 0 Å². The van der Waals surface area contributed by atoms with Gasteiger partial charge in [0, 0.05) is 25.3 Å². The fourth-order valence-corrected chi connectivity index (χ4v) is 2.67. The van der Waals surface area contributed by atoms with Crippen molar-refractivity contribution in [2.24, 2.45) is 11.1 Å². The minimum absolute atomic E-state index is 0.0207. The lowest BCUT2D eigenvalue weighted by atomic mass is 9.83. The van der Waals surface area contributed by atoms with Crippen molar-refractivity contribution in [2.75, 3.05) is 13.2 Å². The van der Waals surface area contributed by atoms with Crippen LogP contribution < -0.4 is 11.1 Å². The zero-order valence-electron chi connectivity index (χ0n) is 10.00. The molecule has 0 aromatic heterocycles. The van der Waals surface area contributed by atoms with E-state index in [0.29, 0.717) is 0 Å². The number of nitrogens with one attached hydrogen (secondary N) is 1. The third kappa shape index (κ3) is 2.23. The average molecular weight is 226 g/mol. The molecular weight excluding hydrogens is 204 g/mol. The zero-order chi connectivity index (χ0) is 11.6. The predicted molar refractivity (Wildman–Crippen MR) is 61.9 cm³/mol. The van der Waals surface area contributed by atoms with E-state index in [-0.39, 0.29) is 23.4 Å². The smallest absolute Gasteiger partial charge is 0.227 e. The highest BCUT2D eigenvalue weighted by Gasteiger charge is 2.43. The second-order valence-electron chi connectivity index (χ2n) is 5.28. The van der Waals surface area contributed by atoms with E-state index >= 15 is 0 Å². The van der Waals surface area contributed by atoms with Gasteiger partial charge in [0.25, 0.3) is 0 Å². The summed E-state index contributed by atoms with van der Waals surface area (Å²) in [6.07, 6.45) is 4.81. The summed E-state index contributed by atoms with van der Waals surface area (Å²) in [6.45, 7) is 3.51. The first kappa shape index (κ1) is 11.9. The minimum Gasteiger partial charge on any atom is -0.381 e. The molecule has 1 aliphatic carbocycles. The molecule has 0 aromatic carbocycles. The van der Waals surface area contributed by atoms with Crippen molar-refractivity contribution < 1.29 is 9.53 Å². The van der Waals surface area contributed by atoms with Crippen molar-refractivity contribution in [3.8, 4) is 0 Å². The highest BCUT2D eigenvalue weighted by atomic mass is 16.5. The summed E-state index contributed by atoms with van der Waals surface area (Å²) in [4.78, 5) is 12.2. The fourth-order valence-electron chi connectivity index (χ4n) is 2.67. The van der Waals surface area contributed by atoms with Gasteiger partial charge < -0.3 is 15.8 Å². The van der Waals surface area contributed by atoms with Gasteiger partial charge in [0.2, 0.25) is 5.91 Å². The molecule has 2 unspecified atom stereocenters. The van der Waals surface area contributed by atoms with Gasteiger partial charge in [-0.15, -0.1) is 0 Å². The number of hydrogen-bond donors (Lipinski definition) is 2. The van der Waals surface area contributed by atoms with Crippen molar-refractivity contribution in [1.29, 1.82) is 0 Å². The van der Waals surface area contributed by atoms with Crippen molar-refractivity contribution in [3.05, 3.63) is 0 Å². The Morgan fingerprint density at radius 3 is 2.62 bits per heavy atom. The van der Waals surface area contributed by atoms with Crippen molar-refractivity contribution in [2.45, 2.75) is 51.1 Å². The Morgan fingerprint density at radius 2 is 2.06 bits per heavy atom. The summed E-state index contributed by atoms with van der Waals surface area (Å²) in [5, 5.41) is 3.13. The molecule has 92 valence electrons. The Labute approximate surface area is 96.9 Å². The first-order valence-electron chi connectivity index (χ1n) is 6.27. The Balaban J connectivity index is 1.91. The topological polar surface area (TPSA) is 64.3 Å². The lowest BCUT2D eigenvalue weighted by molar-refractivity contribution is -0.131. The molecule has 4 heteroatoms. The molecule has 4 nitrogen and oxygen atoms in total. The standard InChI is InChI=1S/C12H22N2O2/c1-12(6-2-3-10(12)13)11(15)14-9-4-7-16-8-5-9/h9-10H,2-8,13H2,1H3,(H,14,15). The molecule has 1 heterocycles. The van der Waals surface area contributed by atoms with E-state index in [1.54, 1.807) is 0 Å². The number of amides is 1. The van der Waals surface area contributed by atoms with Gasteiger partial charge in [-0.2, -0.15) is 0 Å². The largest absolute Gasteiger partial charge is 0.381 e. The van der Waals surface area contributed by atoms with Crippen molar-refractivity contribution in [3.63, 3.8) is 0 Å². The monoisotopic (exact) mass is 226 g/mol. The van der Waals surface area contributed by atoms with Crippen molar-refractivity contribution >= 4 is 5.91 Å². The summed E-state index contributed by atoms with van der Waals surface area (Å²) in [5.74, 6) is 0.143. The molecule has 2 fully saturated rings. The van der Waals surface area contributed by atoms with E-state index < -0.39 is 0 Å². The van der Waals surface area contributed by atoms with E-state index in [4.69, 9.17) is 10.5 Å². The van der Waals surface area contributed by atoms with Gasteiger partial charge in [0.1, 0.15) is 0 Å². The van der Waals surface area contributed by atoms with Crippen LogP contribution in [0.2, 0.25) is 0 Å². The first-order valence-corrected chi connectivity index (χ1v) is 6.27. The van der Waals surface area contributed by atoms with E-state index in [2.05, 4.69) is 5.32 Å². The third-order valence-corrected chi connectivity index (χ3v) is 4.10. The van der Waals surface area contributed by atoms with E-state index in [1.807, 2.05) is 6.92 Å². The van der Waals surface area contributed by atoms with Gasteiger partial charge in [-0.3, -0.25) is 4.79 Å². The van der Waals surface area contributed by atoms with Gasteiger partial charge in [0.15, 0.2) is 0 Å². The molecule has 1 saturated heterocycles. The van der Waals surface area contributed by atoms with E-state index in [1.165, 1.54) is 0 Å². The number of carbonyl (C=O) groups excluding carboxylic acids is 1.